The zero-order chi connectivity index (χ0) is 19.9. The third kappa shape index (κ3) is 4.80. The number of carbonyl (C=O) groups is 1. The molecular formula is C20H18FN3O4. The molecule has 1 heterocycles. The number of benzene rings is 2. The average molecular weight is 383 g/mol. The molecule has 0 saturated heterocycles. The number of hydroxylamine groups is 1. The molecule has 0 aliphatic rings. The van der Waals surface area contributed by atoms with E-state index in [-0.39, 0.29) is 23.6 Å². The average Bonchev–Trinajstić information content (AvgIpc) is 2.71. The fraction of sp³-hybridized carbons (Fsp3) is 0.150. The van der Waals surface area contributed by atoms with Crippen LogP contribution in [0.25, 0.3) is 11.3 Å². The van der Waals surface area contributed by atoms with E-state index in [1.54, 1.807) is 12.1 Å². The molecule has 0 spiro atoms. The van der Waals surface area contributed by atoms with Gasteiger partial charge >= 0.3 is 0 Å². The Morgan fingerprint density at radius 1 is 1.18 bits per heavy atom. The van der Waals surface area contributed by atoms with Crippen molar-refractivity contribution in [2.24, 2.45) is 0 Å². The van der Waals surface area contributed by atoms with E-state index in [0.29, 0.717) is 12.3 Å². The van der Waals surface area contributed by atoms with Crippen molar-refractivity contribution in [1.82, 2.24) is 15.4 Å². The minimum Gasteiger partial charge on any atom is -0.508 e. The SMILES string of the molecule is CCOc1ccc(-c2cncc(C(=O)NOCc3cc(O)ccc3F)n2)cc1. The third-order valence-corrected chi connectivity index (χ3v) is 3.75. The standard InChI is InChI=1S/C20H18FN3O4/c1-2-27-16-6-3-13(4-7-16)18-10-22-11-19(23-18)20(26)24-28-12-14-9-15(25)5-8-17(14)21/h3-11,25H,2,12H2,1H3,(H,24,26). The second kappa shape index (κ2) is 8.92. The van der Waals surface area contributed by atoms with Gasteiger partial charge in [-0.05, 0) is 49.4 Å². The lowest BCUT2D eigenvalue weighted by atomic mass is 10.1. The van der Waals surface area contributed by atoms with Crippen LogP contribution in [0.5, 0.6) is 11.5 Å². The summed E-state index contributed by atoms with van der Waals surface area (Å²) in [5.74, 6) is -0.536. The fourth-order valence-corrected chi connectivity index (χ4v) is 2.41. The first-order chi connectivity index (χ1) is 13.6. The molecule has 0 aliphatic heterocycles. The molecule has 2 aromatic carbocycles. The first kappa shape index (κ1) is 19.2. The van der Waals surface area contributed by atoms with Gasteiger partial charge in [-0.1, -0.05) is 0 Å². The van der Waals surface area contributed by atoms with Crippen LogP contribution in [0.3, 0.4) is 0 Å². The molecule has 1 amide bonds. The zero-order valence-corrected chi connectivity index (χ0v) is 15.1. The highest BCUT2D eigenvalue weighted by Gasteiger charge is 2.11. The summed E-state index contributed by atoms with van der Waals surface area (Å²) in [5, 5.41) is 9.37. The third-order valence-electron chi connectivity index (χ3n) is 3.75. The minimum absolute atomic E-state index is 0.0442. The van der Waals surface area contributed by atoms with E-state index >= 15 is 0 Å². The Bertz CT molecular complexity index is 964. The van der Waals surface area contributed by atoms with Crippen LogP contribution >= 0.6 is 0 Å². The van der Waals surface area contributed by atoms with E-state index in [1.807, 2.05) is 19.1 Å². The van der Waals surface area contributed by atoms with Crippen molar-refractivity contribution in [3.05, 3.63) is 71.9 Å². The topological polar surface area (TPSA) is 93.6 Å². The van der Waals surface area contributed by atoms with Crippen LogP contribution in [0.4, 0.5) is 4.39 Å². The molecule has 7 nitrogen and oxygen atoms in total. The van der Waals surface area contributed by atoms with Gasteiger partial charge in [0.05, 0.1) is 24.7 Å². The monoisotopic (exact) mass is 383 g/mol. The first-order valence-corrected chi connectivity index (χ1v) is 8.51. The maximum absolute atomic E-state index is 13.6. The van der Waals surface area contributed by atoms with Gasteiger partial charge in [-0.25, -0.2) is 14.9 Å². The quantitative estimate of drug-likeness (QED) is 0.609. The van der Waals surface area contributed by atoms with E-state index in [1.165, 1.54) is 24.5 Å². The van der Waals surface area contributed by atoms with Crippen LogP contribution in [-0.2, 0) is 11.4 Å². The highest BCUT2D eigenvalue weighted by atomic mass is 19.1. The van der Waals surface area contributed by atoms with Crippen LogP contribution in [0, 0.1) is 5.82 Å². The second-order valence-corrected chi connectivity index (χ2v) is 5.74. The minimum atomic E-state index is -0.624. The Kier molecular flexibility index (Phi) is 6.13. The fourth-order valence-electron chi connectivity index (χ4n) is 2.41. The van der Waals surface area contributed by atoms with Gasteiger partial charge in [0, 0.05) is 11.1 Å². The number of aromatic hydroxyl groups is 1. The molecule has 144 valence electrons. The molecule has 0 atom stereocenters. The Hall–Kier alpha value is -3.52. The molecule has 1 aromatic heterocycles. The van der Waals surface area contributed by atoms with Gasteiger partial charge in [0.15, 0.2) is 0 Å². The van der Waals surface area contributed by atoms with Gasteiger partial charge in [0.2, 0.25) is 0 Å². The Labute approximate surface area is 160 Å². The highest BCUT2D eigenvalue weighted by Crippen LogP contribution is 2.20. The Morgan fingerprint density at radius 3 is 2.71 bits per heavy atom. The number of hydrogen-bond donors (Lipinski definition) is 2. The van der Waals surface area contributed by atoms with Gasteiger partial charge < -0.3 is 9.84 Å². The highest BCUT2D eigenvalue weighted by molar-refractivity contribution is 5.91. The van der Waals surface area contributed by atoms with Crippen LogP contribution in [0.2, 0.25) is 0 Å². The van der Waals surface area contributed by atoms with Crippen molar-refractivity contribution in [2.75, 3.05) is 6.61 Å². The van der Waals surface area contributed by atoms with Gasteiger partial charge in [-0.3, -0.25) is 14.6 Å². The molecule has 3 aromatic rings. The van der Waals surface area contributed by atoms with Crippen molar-refractivity contribution >= 4 is 5.91 Å². The lowest BCUT2D eigenvalue weighted by Crippen LogP contribution is -2.25. The Balaban J connectivity index is 1.64. The Morgan fingerprint density at radius 2 is 1.96 bits per heavy atom. The number of hydrogen-bond acceptors (Lipinski definition) is 6. The predicted octanol–water partition coefficient (Wildman–Crippen LogP) is 3.25. The molecule has 0 unspecified atom stereocenters. The number of rotatable bonds is 7. The molecule has 0 fully saturated rings. The van der Waals surface area contributed by atoms with Gasteiger partial charge in [0.25, 0.3) is 5.91 Å². The van der Waals surface area contributed by atoms with Crippen molar-refractivity contribution in [1.29, 1.82) is 0 Å². The molecular weight excluding hydrogens is 365 g/mol. The number of nitrogens with one attached hydrogen (secondary N) is 1. The summed E-state index contributed by atoms with van der Waals surface area (Å²) in [6.45, 7) is 2.22. The van der Waals surface area contributed by atoms with E-state index in [4.69, 9.17) is 9.57 Å². The van der Waals surface area contributed by atoms with Gasteiger partial charge in [-0.2, -0.15) is 0 Å². The summed E-state index contributed by atoms with van der Waals surface area (Å²) < 4.78 is 19.0. The van der Waals surface area contributed by atoms with Crippen LogP contribution in [0.1, 0.15) is 23.0 Å². The van der Waals surface area contributed by atoms with E-state index in [0.717, 1.165) is 17.4 Å². The number of amides is 1. The number of halogens is 1. The van der Waals surface area contributed by atoms with Crippen LogP contribution in [0.15, 0.2) is 54.9 Å². The maximum atomic E-state index is 13.6. The predicted molar refractivity (Wildman–Crippen MR) is 99.0 cm³/mol. The largest absolute Gasteiger partial charge is 0.508 e. The molecule has 28 heavy (non-hydrogen) atoms. The molecule has 0 aliphatic carbocycles. The van der Waals surface area contributed by atoms with Crippen molar-refractivity contribution in [3.8, 4) is 22.8 Å². The lowest BCUT2D eigenvalue weighted by Gasteiger charge is -2.08. The van der Waals surface area contributed by atoms with Gasteiger partial charge in [0.1, 0.15) is 29.6 Å². The molecule has 0 bridgehead atoms. The van der Waals surface area contributed by atoms with E-state index < -0.39 is 11.7 Å². The molecule has 2 N–H and O–H groups in total. The second-order valence-electron chi connectivity index (χ2n) is 5.74. The maximum Gasteiger partial charge on any atom is 0.295 e. The molecule has 8 heteroatoms. The number of ether oxygens (including phenoxy) is 1. The molecule has 0 radical (unpaired) electrons. The summed E-state index contributed by atoms with van der Waals surface area (Å²) in [6, 6.07) is 10.8. The van der Waals surface area contributed by atoms with Crippen molar-refractivity contribution in [3.63, 3.8) is 0 Å². The summed E-state index contributed by atoms with van der Waals surface area (Å²) >= 11 is 0. The van der Waals surface area contributed by atoms with Crippen molar-refractivity contribution in [2.45, 2.75) is 13.5 Å². The number of nitrogens with zero attached hydrogens (tertiary/aromatic N) is 2. The summed E-state index contributed by atoms with van der Waals surface area (Å²) in [6.07, 6.45) is 2.83. The van der Waals surface area contributed by atoms with E-state index in [9.17, 15) is 14.3 Å². The molecule has 0 saturated carbocycles. The van der Waals surface area contributed by atoms with Crippen molar-refractivity contribution < 1.29 is 23.9 Å². The number of phenolic OH excluding ortho intramolecular Hbond substituents is 1. The van der Waals surface area contributed by atoms with Crippen LogP contribution < -0.4 is 10.2 Å². The van der Waals surface area contributed by atoms with Crippen LogP contribution in [-0.4, -0.2) is 27.6 Å². The summed E-state index contributed by atoms with van der Waals surface area (Å²) in [4.78, 5) is 25.5. The summed E-state index contributed by atoms with van der Waals surface area (Å²) in [5.41, 5.74) is 3.62. The number of carbonyl (C=O) groups excluding carboxylic acids is 1. The number of aromatic nitrogens is 2. The molecule has 3 rings (SSSR count). The summed E-state index contributed by atoms with van der Waals surface area (Å²) in [7, 11) is 0. The zero-order valence-electron chi connectivity index (χ0n) is 15.1. The van der Waals surface area contributed by atoms with Gasteiger partial charge in [-0.15, -0.1) is 0 Å². The first-order valence-electron chi connectivity index (χ1n) is 8.51. The van der Waals surface area contributed by atoms with E-state index in [2.05, 4.69) is 15.4 Å². The lowest BCUT2D eigenvalue weighted by molar-refractivity contribution is 0.0219. The normalized spacial score (nSPS) is 10.5. The smallest absolute Gasteiger partial charge is 0.295 e. The number of phenols is 1.